The highest BCUT2D eigenvalue weighted by Gasteiger charge is 2.61. The molecule has 0 N–H and O–H groups in total. The molecule has 6 heteroatoms. The van der Waals surface area contributed by atoms with Gasteiger partial charge in [0.25, 0.3) is 0 Å². The van der Waals surface area contributed by atoms with Gasteiger partial charge >= 0.3 is 20.9 Å². The van der Waals surface area contributed by atoms with E-state index in [2.05, 4.69) is 240 Å². The van der Waals surface area contributed by atoms with Gasteiger partial charge in [-0.05, 0) is 199 Å². The van der Waals surface area contributed by atoms with Gasteiger partial charge in [0, 0.05) is 33.8 Å². The number of rotatable bonds is 3. The first-order valence-electron chi connectivity index (χ1n) is 24.7. The molecule has 0 bridgehead atoms. The maximum Gasteiger partial charge on any atom is 0.389 e. The summed E-state index contributed by atoms with van der Waals surface area (Å²) in [6.45, 7) is 19.8. The van der Waals surface area contributed by atoms with E-state index in [4.69, 9.17) is 0 Å². The third kappa shape index (κ3) is 6.10. The molecule has 69 heavy (non-hydrogen) atoms. The minimum absolute atomic E-state index is 0.134. The molecule has 3 nitrogen and oxygen atoms in total. The molecule has 0 spiro atoms. The third-order valence-electron chi connectivity index (χ3n) is 15.9. The van der Waals surface area contributed by atoms with Gasteiger partial charge in [-0.25, -0.2) is 0 Å². The summed E-state index contributed by atoms with van der Waals surface area (Å²) in [5, 5.41) is 0. The average Bonchev–Trinajstić information content (AvgIpc) is 3.32. The van der Waals surface area contributed by atoms with E-state index >= 15 is 0 Å². The molecular formula is C63H54B3N3. The van der Waals surface area contributed by atoms with Crippen LogP contribution in [0.1, 0.15) is 50.1 Å². The summed E-state index contributed by atoms with van der Waals surface area (Å²) >= 11 is 0. The lowest BCUT2D eigenvalue weighted by Crippen LogP contribution is -2.88. The lowest BCUT2D eigenvalue weighted by atomic mass is 9.33. The number of hydrogen-bond acceptors (Lipinski definition) is 3. The molecular weight excluding hydrogens is 831 g/mol. The molecule has 13 rings (SSSR count). The summed E-state index contributed by atoms with van der Waals surface area (Å²) in [4.78, 5) is 0. The number of aryl methyl sites for hydroxylation is 9. The summed E-state index contributed by atoms with van der Waals surface area (Å²) in [6, 6.07) is 63.8. The highest BCUT2D eigenvalue weighted by Crippen LogP contribution is 2.50. The van der Waals surface area contributed by atoms with E-state index < -0.39 is 0 Å². The van der Waals surface area contributed by atoms with Crippen molar-refractivity contribution in [2.24, 2.45) is 0 Å². The van der Waals surface area contributed by atoms with Crippen LogP contribution in [0.25, 0.3) is 66.8 Å². The molecule has 4 aliphatic rings. The van der Waals surface area contributed by atoms with Crippen LogP contribution in [0.5, 0.6) is 0 Å². The Morgan fingerprint density at radius 2 is 0.507 bits per heavy atom. The van der Waals surface area contributed by atoms with Gasteiger partial charge in [-0.3, -0.25) is 0 Å². The molecule has 0 unspecified atom stereocenters. The van der Waals surface area contributed by atoms with Crippen molar-refractivity contribution in [2.75, 3.05) is 14.2 Å². The van der Waals surface area contributed by atoms with E-state index in [9.17, 15) is 0 Å². The molecule has 1 saturated heterocycles. The van der Waals surface area contributed by atoms with Crippen molar-refractivity contribution < 1.29 is 0 Å². The second-order valence-corrected chi connectivity index (χ2v) is 20.6. The number of para-hydroxylation sites is 3. The monoisotopic (exact) mass is 885 g/mol. The topological polar surface area (TPSA) is 9.72 Å². The van der Waals surface area contributed by atoms with Crippen molar-refractivity contribution in [3.63, 3.8) is 0 Å². The van der Waals surface area contributed by atoms with E-state index in [1.807, 2.05) is 0 Å². The molecule has 0 aliphatic carbocycles. The van der Waals surface area contributed by atoms with Gasteiger partial charge in [-0.15, -0.1) is 0 Å². The zero-order valence-electron chi connectivity index (χ0n) is 41.2. The van der Waals surface area contributed by atoms with Gasteiger partial charge < -0.3 is 14.2 Å². The Hall–Kier alpha value is -7.43. The molecule has 1 fully saturated rings. The van der Waals surface area contributed by atoms with Gasteiger partial charge in [0.15, 0.2) is 0 Å². The average molecular weight is 886 g/mol. The van der Waals surface area contributed by atoms with Crippen molar-refractivity contribution >= 4 is 54.4 Å². The second kappa shape index (κ2) is 15.3. The molecule has 0 amide bonds. The molecule has 0 radical (unpaired) electrons. The fourth-order valence-corrected chi connectivity index (χ4v) is 13.7. The van der Waals surface area contributed by atoms with Crippen LogP contribution < -0.4 is 30.6 Å². The largest absolute Gasteiger partial charge is 0.416 e. The van der Waals surface area contributed by atoms with E-state index in [-0.39, 0.29) is 20.9 Å². The molecule has 9 aromatic rings. The SMILES string of the molecule is Cc1cc(C)c(-c2ccc3c(c2)-c2ccccc2N2B3N3B(c4ccc(-c5c(C)cc(C)cc5C)cc4-c4ccccc43)N3B2c2ccc(-c4c(C)cc(C)cc4C)cc2-c2ccccc23)c(C)c1. The van der Waals surface area contributed by atoms with Crippen molar-refractivity contribution in [2.45, 2.75) is 62.3 Å². The Kier molecular flexibility index (Phi) is 9.25. The molecule has 0 saturated carbocycles. The molecule has 9 aromatic carbocycles. The highest BCUT2D eigenvalue weighted by molar-refractivity contribution is 7.16. The van der Waals surface area contributed by atoms with Gasteiger partial charge in [-0.2, -0.15) is 0 Å². The van der Waals surface area contributed by atoms with Gasteiger partial charge in [0.2, 0.25) is 0 Å². The van der Waals surface area contributed by atoms with Crippen LogP contribution in [0, 0.1) is 62.3 Å². The zero-order chi connectivity index (χ0) is 47.1. The van der Waals surface area contributed by atoms with Gasteiger partial charge in [0.1, 0.15) is 0 Å². The molecule has 4 heterocycles. The van der Waals surface area contributed by atoms with Crippen LogP contribution >= 0.6 is 0 Å². The number of fused-ring (bicyclic) bond motifs is 21. The summed E-state index contributed by atoms with van der Waals surface area (Å²) in [5.74, 6) is 0. The fraction of sp³-hybridized carbons (Fsp3) is 0.143. The standard InChI is InChI=1S/C63H54B3N3/c1-37-28-40(4)61(41(5)29-37)46-22-25-55-52(34-46)49-16-10-13-19-58(49)67-64(55)68-59-20-14-11-17-50(59)53-35-48(63-44(8)32-39(3)33-45(63)9)24-27-57(53)66(68)69-60-21-15-12-18-51(60)54-36-47(23-26-56(54)65(67)69)62-42(6)30-38(2)31-43(62)7/h10-36H,1-9H3. The first-order valence-corrected chi connectivity index (χ1v) is 24.7. The summed E-state index contributed by atoms with van der Waals surface area (Å²) in [5.41, 5.74) is 35.1. The van der Waals surface area contributed by atoms with Crippen molar-refractivity contribution in [1.29, 1.82) is 0 Å². The Labute approximate surface area is 409 Å². The smallest absolute Gasteiger partial charge is 0.389 e. The third-order valence-corrected chi connectivity index (χ3v) is 15.9. The Morgan fingerprint density at radius 3 is 0.768 bits per heavy atom. The van der Waals surface area contributed by atoms with Crippen LogP contribution in [0.3, 0.4) is 0 Å². The quantitative estimate of drug-likeness (QED) is 0.164. The van der Waals surface area contributed by atoms with E-state index in [1.165, 1.54) is 150 Å². The summed E-state index contributed by atoms with van der Waals surface area (Å²) < 4.78 is 8.34. The maximum absolute atomic E-state index is 2.78. The number of anilines is 3. The van der Waals surface area contributed by atoms with Crippen LogP contribution in [-0.2, 0) is 0 Å². The van der Waals surface area contributed by atoms with Crippen LogP contribution in [-0.4, -0.2) is 20.9 Å². The van der Waals surface area contributed by atoms with Crippen LogP contribution in [0.15, 0.2) is 164 Å². The van der Waals surface area contributed by atoms with Crippen LogP contribution in [0.2, 0.25) is 0 Å². The number of hydrogen-bond donors (Lipinski definition) is 0. The number of nitrogens with zero attached hydrogens (tertiary/aromatic N) is 3. The second-order valence-electron chi connectivity index (χ2n) is 20.6. The molecule has 0 aromatic heterocycles. The predicted octanol–water partition coefficient (Wildman–Crippen LogP) is 13.4. The Balaban J connectivity index is 1.11. The lowest BCUT2D eigenvalue weighted by molar-refractivity contribution is 1.26. The van der Waals surface area contributed by atoms with E-state index in [0.717, 1.165) is 0 Å². The van der Waals surface area contributed by atoms with Gasteiger partial charge in [0.05, 0.1) is 0 Å². The summed E-state index contributed by atoms with van der Waals surface area (Å²) in [6.07, 6.45) is 0. The van der Waals surface area contributed by atoms with Crippen LogP contribution in [0.4, 0.5) is 17.1 Å². The maximum atomic E-state index is 2.78. The molecule has 0 atom stereocenters. The highest BCUT2D eigenvalue weighted by atomic mass is 15.3. The minimum atomic E-state index is -0.134. The van der Waals surface area contributed by atoms with E-state index in [0.29, 0.717) is 0 Å². The Bertz CT molecular complexity index is 3220. The first-order chi connectivity index (χ1) is 33.4. The molecule has 330 valence electrons. The Morgan fingerprint density at radius 1 is 0.261 bits per heavy atom. The van der Waals surface area contributed by atoms with E-state index in [1.54, 1.807) is 0 Å². The van der Waals surface area contributed by atoms with Crippen molar-refractivity contribution in [3.8, 4) is 66.8 Å². The number of benzene rings is 9. The lowest BCUT2D eigenvalue weighted by Gasteiger charge is -2.61. The first kappa shape index (κ1) is 41.7. The minimum Gasteiger partial charge on any atom is -0.416 e. The normalized spacial score (nSPS) is 13.7. The molecule has 4 aliphatic heterocycles. The van der Waals surface area contributed by atoms with Crippen molar-refractivity contribution in [3.05, 3.63) is 214 Å². The summed E-state index contributed by atoms with van der Waals surface area (Å²) in [7, 11) is 0. The van der Waals surface area contributed by atoms with Gasteiger partial charge in [-0.1, -0.05) is 144 Å². The predicted molar refractivity (Wildman–Crippen MR) is 298 cm³/mol. The fourth-order valence-electron chi connectivity index (χ4n) is 13.7. The zero-order valence-corrected chi connectivity index (χ0v) is 41.2. The van der Waals surface area contributed by atoms with Crippen molar-refractivity contribution in [1.82, 2.24) is 0 Å².